The minimum Gasteiger partial charge on any atom is -0.295 e. The average Bonchev–Trinajstić information content (AvgIpc) is 2.98. The van der Waals surface area contributed by atoms with Crippen molar-refractivity contribution in [3.8, 4) is 0 Å². The molecule has 3 heterocycles. The number of fused-ring (bicyclic) bond motifs is 1. The number of pyridine rings is 1. The van der Waals surface area contributed by atoms with Gasteiger partial charge in [-0.3, -0.25) is 19.6 Å². The molecule has 1 unspecified atom stereocenters. The van der Waals surface area contributed by atoms with E-state index in [-0.39, 0.29) is 12.5 Å². The van der Waals surface area contributed by atoms with Crippen LogP contribution in [0, 0.1) is 6.92 Å². The van der Waals surface area contributed by atoms with Crippen molar-refractivity contribution in [2.45, 2.75) is 51.2 Å². The molecular formula is C18H24FN5O. The van der Waals surface area contributed by atoms with Crippen molar-refractivity contribution >= 4 is 23.0 Å². The smallest absolute Gasteiger partial charge is 0.240 e. The van der Waals surface area contributed by atoms with Crippen LogP contribution in [0.25, 0.3) is 11.2 Å². The summed E-state index contributed by atoms with van der Waals surface area (Å²) >= 11 is 0. The first-order chi connectivity index (χ1) is 11.9. The van der Waals surface area contributed by atoms with Crippen molar-refractivity contribution in [2.24, 2.45) is 0 Å². The van der Waals surface area contributed by atoms with Crippen LogP contribution in [0.15, 0.2) is 12.1 Å². The van der Waals surface area contributed by atoms with E-state index in [0.717, 1.165) is 29.7 Å². The Balaban J connectivity index is 1.55. The van der Waals surface area contributed by atoms with Gasteiger partial charge in [-0.15, -0.1) is 0 Å². The Morgan fingerprint density at radius 3 is 2.84 bits per heavy atom. The highest BCUT2D eigenvalue weighted by Crippen LogP contribution is 2.36. The number of aromatic nitrogens is 3. The van der Waals surface area contributed by atoms with E-state index in [1.807, 2.05) is 24.0 Å². The van der Waals surface area contributed by atoms with Crippen molar-refractivity contribution < 1.29 is 9.18 Å². The highest BCUT2D eigenvalue weighted by Gasteiger charge is 2.34. The van der Waals surface area contributed by atoms with Crippen LogP contribution in [0.3, 0.4) is 0 Å². The van der Waals surface area contributed by atoms with Crippen molar-refractivity contribution in [2.75, 3.05) is 25.0 Å². The molecule has 1 aliphatic carbocycles. The van der Waals surface area contributed by atoms with E-state index in [1.54, 1.807) is 6.92 Å². The molecule has 1 atom stereocenters. The molecule has 1 saturated heterocycles. The third-order valence-electron chi connectivity index (χ3n) is 5.24. The second kappa shape index (κ2) is 6.05. The topological polar surface area (TPSA) is 63.1 Å². The van der Waals surface area contributed by atoms with Gasteiger partial charge >= 0.3 is 0 Å². The number of amides is 1. The van der Waals surface area contributed by atoms with Gasteiger partial charge in [0.05, 0.1) is 6.54 Å². The number of nitrogens with zero attached hydrogens (tertiary/aromatic N) is 4. The summed E-state index contributed by atoms with van der Waals surface area (Å²) in [5, 5.41) is 2.93. The van der Waals surface area contributed by atoms with Gasteiger partial charge in [-0.1, -0.05) is 0 Å². The third-order valence-corrected chi connectivity index (χ3v) is 5.24. The van der Waals surface area contributed by atoms with Gasteiger partial charge in [0.25, 0.3) is 0 Å². The van der Waals surface area contributed by atoms with Crippen LogP contribution in [-0.4, -0.2) is 50.6 Å². The van der Waals surface area contributed by atoms with Gasteiger partial charge < -0.3 is 0 Å². The standard InChI is InChI=1S/C18H24FN5O/c1-12-6-7-14-16(20-12)24(13-4-3-5-13)17(21-14)22-15(25)10-23-9-8-18(2,19)11-23/h6-7,13H,3-5,8-11H2,1-2H3,(H,21,22,25). The maximum absolute atomic E-state index is 13.9. The maximum atomic E-state index is 13.9. The number of nitrogens with one attached hydrogen (secondary N) is 1. The van der Waals surface area contributed by atoms with E-state index < -0.39 is 5.67 Å². The number of hydrogen-bond acceptors (Lipinski definition) is 4. The van der Waals surface area contributed by atoms with E-state index in [1.165, 1.54) is 6.42 Å². The molecule has 134 valence electrons. The number of rotatable bonds is 4. The monoisotopic (exact) mass is 345 g/mol. The Kier molecular flexibility index (Phi) is 3.98. The van der Waals surface area contributed by atoms with Gasteiger partial charge in [-0.25, -0.2) is 14.4 Å². The summed E-state index contributed by atoms with van der Waals surface area (Å²) in [6.45, 7) is 4.66. The van der Waals surface area contributed by atoms with Gasteiger partial charge in [-0.2, -0.15) is 0 Å². The molecule has 0 bridgehead atoms. The molecule has 0 radical (unpaired) electrons. The van der Waals surface area contributed by atoms with Gasteiger partial charge in [0.15, 0.2) is 5.65 Å². The molecular weight excluding hydrogens is 321 g/mol. The summed E-state index contributed by atoms with van der Waals surface area (Å²) in [7, 11) is 0. The minimum atomic E-state index is -1.19. The Labute approximate surface area is 146 Å². The maximum Gasteiger partial charge on any atom is 0.240 e. The first kappa shape index (κ1) is 16.4. The number of likely N-dealkylation sites (tertiary alicyclic amines) is 1. The fourth-order valence-corrected chi connectivity index (χ4v) is 3.67. The number of carbonyl (C=O) groups is 1. The number of carbonyl (C=O) groups excluding carboxylic acids is 1. The first-order valence-electron chi connectivity index (χ1n) is 8.98. The van der Waals surface area contributed by atoms with Gasteiger partial charge in [0, 0.05) is 24.8 Å². The van der Waals surface area contributed by atoms with Gasteiger partial charge in [0.1, 0.15) is 11.2 Å². The van der Waals surface area contributed by atoms with E-state index in [9.17, 15) is 9.18 Å². The summed E-state index contributed by atoms with van der Waals surface area (Å²) in [4.78, 5) is 23.5. The van der Waals surface area contributed by atoms with E-state index in [2.05, 4.69) is 19.9 Å². The van der Waals surface area contributed by atoms with E-state index in [0.29, 0.717) is 31.5 Å². The second-order valence-electron chi connectivity index (χ2n) is 7.61. The van der Waals surface area contributed by atoms with Crippen LogP contribution >= 0.6 is 0 Å². The van der Waals surface area contributed by atoms with Crippen LogP contribution in [0.1, 0.15) is 44.3 Å². The van der Waals surface area contributed by atoms with E-state index in [4.69, 9.17) is 0 Å². The van der Waals surface area contributed by atoms with Crippen LogP contribution in [0.4, 0.5) is 10.3 Å². The lowest BCUT2D eigenvalue weighted by atomic mass is 9.93. The molecule has 1 N–H and O–H groups in total. The zero-order chi connectivity index (χ0) is 17.6. The molecule has 2 fully saturated rings. The molecule has 0 spiro atoms. The number of hydrogen-bond donors (Lipinski definition) is 1. The highest BCUT2D eigenvalue weighted by molar-refractivity contribution is 5.92. The predicted octanol–water partition coefficient (Wildman–Crippen LogP) is 2.84. The summed E-state index contributed by atoms with van der Waals surface area (Å²) in [5.74, 6) is 0.412. The highest BCUT2D eigenvalue weighted by atomic mass is 19.1. The zero-order valence-corrected chi connectivity index (χ0v) is 14.8. The summed E-state index contributed by atoms with van der Waals surface area (Å²) < 4.78 is 16.0. The van der Waals surface area contributed by atoms with Crippen molar-refractivity contribution in [3.63, 3.8) is 0 Å². The van der Waals surface area contributed by atoms with E-state index >= 15 is 0 Å². The number of halogens is 1. The lowest BCUT2D eigenvalue weighted by Gasteiger charge is -2.28. The Morgan fingerprint density at radius 2 is 2.20 bits per heavy atom. The number of alkyl halides is 1. The second-order valence-corrected chi connectivity index (χ2v) is 7.61. The molecule has 2 aliphatic rings. The van der Waals surface area contributed by atoms with Gasteiger partial charge in [-0.05, 0) is 51.7 Å². The molecule has 25 heavy (non-hydrogen) atoms. The van der Waals surface area contributed by atoms with Crippen LogP contribution < -0.4 is 5.32 Å². The normalized spacial score (nSPS) is 24.6. The number of aryl methyl sites for hydroxylation is 1. The molecule has 0 aromatic carbocycles. The van der Waals surface area contributed by atoms with Crippen LogP contribution in [0.2, 0.25) is 0 Å². The SMILES string of the molecule is Cc1ccc2nc(NC(=O)CN3CCC(C)(F)C3)n(C3CCC3)c2n1. The first-order valence-corrected chi connectivity index (χ1v) is 8.98. The number of imidazole rings is 1. The molecule has 1 amide bonds. The molecule has 1 saturated carbocycles. The Bertz CT molecular complexity index is 811. The quantitative estimate of drug-likeness (QED) is 0.925. The molecule has 4 rings (SSSR count). The fourth-order valence-electron chi connectivity index (χ4n) is 3.67. The zero-order valence-electron chi connectivity index (χ0n) is 14.8. The largest absolute Gasteiger partial charge is 0.295 e. The Hall–Kier alpha value is -2.02. The minimum absolute atomic E-state index is 0.148. The molecule has 1 aliphatic heterocycles. The molecule has 2 aromatic rings. The molecule has 7 heteroatoms. The molecule has 2 aromatic heterocycles. The average molecular weight is 345 g/mol. The fraction of sp³-hybridized carbons (Fsp3) is 0.611. The Morgan fingerprint density at radius 1 is 1.40 bits per heavy atom. The van der Waals surface area contributed by atoms with Crippen molar-refractivity contribution in [1.82, 2.24) is 19.4 Å². The summed E-state index contributed by atoms with van der Waals surface area (Å²) in [6, 6.07) is 4.21. The number of anilines is 1. The summed E-state index contributed by atoms with van der Waals surface area (Å²) in [5.41, 5.74) is 1.37. The predicted molar refractivity (Wildman–Crippen MR) is 94.4 cm³/mol. The van der Waals surface area contributed by atoms with Crippen LogP contribution in [-0.2, 0) is 4.79 Å². The van der Waals surface area contributed by atoms with Gasteiger partial charge in [0.2, 0.25) is 11.9 Å². The van der Waals surface area contributed by atoms with Crippen molar-refractivity contribution in [3.05, 3.63) is 17.8 Å². The molecule has 6 nitrogen and oxygen atoms in total. The lowest BCUT2D eigenvalue weighted by molar-refractivity contribution is -0.117. The van der Waals surface area contributed by atoms with Crippen LogP contribution in [0.5, 0.6) is 0 Å². The lowest BCUT2D eigenvalue weighted by Crippen LogP contribution is -2.34. The summed E-state index contributed by atoms with van der Waals surface area (Å²) in [6.07, 6.45) is 3.82. The third kappa shape index (κ3) is 3.25. The van der Waals surface area contributed by atoms with Crippen molar-refractivity contribution in [1.29, 1.82) is 0 Å².